The predicted molar refractivity (Wildman–Crippen MR) is 148 cm³/mol. The topological polar surface area (TPSA) is 94.9 Å². The Morgan fingerprint density at radius 2 is 2.00 bits per heavy atom. The molecule has 1 atom stereocenters. The third-order valence-corrected chi connectivity index (χ3v) is 8.16. The quantitative estimate of drug-likeness (QED) is 0.362. The number of likely N-dealkylation sites (tertiary alicyclic amines) is 2. The van der Waals surface area contributed by atoms with Gasteiger partial charge in [-0.3, -0.25) is 4.98 Å². The molecule has 0 spiro atoms. The highest BCUT2D eigenvalue weighted by Gasteiger charge is 2.35. The molecule has 39 heavy (non-hydrogen) atoms. The van der Waals surface area contributed by atoms with E-state index in [1.807, 2.05) is 36.2 Å². The minimum atomic E-state index is -0.969. The van der Waals surface area contributed by atoms with Crippen LogP contribution in [-0.4, -0.2) is 88.4 Å². The standard InChI is InChI=1S/C28H28ClFN6O3/c1-34-11-5-8-17(34)15-39-27-32-25-20(26(33-27)35(2)18-13-36(14-18)28(37)38)12-31-24(23(25)30)19-9-3-6-16-7-4-10-21(29)22(16)19/h3-4,6-7,9-10,12,17-18H,5,8,11,13-15H2,1-2H3,(H,37,38)/t17-/m0/s1. The van der Waals surface area contributed by atoms with Gasteiger partial charge in [0.1, 0.15) is 23.6 Å². The zero-order valence-corrected chi connectivity index (χ0v) is 22.4. The van der Waals surface area contributed by atoms with E-state index in [9.17, 15) is 9.90 Å². The van der Waals surface area contributed by atoms with Crippen molar-refractivity contribution in [1.29, 1.82) is 0 Å². The number of amides is 1. The highest BCUT2D eigenvalue weighted by atomic mass is 35.5. The van der Waals surface area contributed by atoms with Gasteiger partial charge in [-0.05, 0) is 37.9 Å². The average molecular weight is 551 g/mol. The Hall–Kier alpha value is -3.76. The predicted octanol–water partition coefficient (Wildman–Crippen LogP) is 4.91. The van der Waals surface area contributed by atoms with Gasteiger partial charge in [-0.2, -0.15) is 9.97 Å². The van der Waals surface area contributed by atoms with Crippen molar-refractivity contribution in [3.8, 4) is 17.3 Å². The molecule has 0 radical (unpaired) electrons. The first-order chi connectivity index (χ1) is 18.8. The molecule has 202 valence electrons. The van der Waals surface area contributed by atoms with Crippen molar-refractivity contribution in [2.75, 3.05) is 45.2 Å². The summed E-state index contributed by atoms with van der Waals surface area (Å²) in [4.78, 5) is 30.4. The molecule has 1 amide bonds. The van der Waals surface area contributed by atoms with Gasteiger partial charge in [0, 0.05) is 48.3 Å². The lowest BCUT2D eigenvalue weighted by Gasteiger charge is -2.42. The molecular formula is C28H28ClFN6O3. The number of rotatable bonds is 6. The van der Waals surface area contributed by atoms with Gasteiger partial charge >= 0.3 is 12.1 Å². The molecule has 2 fully saturated rings. The van der Waals surface area contributed by atoms with E-state index in [1.54, 1.807) is 18.3 Å². The number of likely N-dealkylation sites (N-methyl/N-ethyl adjacent to an activating group) is 2. The van der Waals surface area contributed by atoms with Crippen LogP contribution < -0.4 is 9.64 Å². The fourth-order valence-electron chi connectivity index (χ4n) is 5.43. The Labute approximate surface area is 229 Å². The maximum atomic E-state index is 16.3. The first kappa shape index (κ1) is 25.5. The van der Waals surface area contributed by atoms with Crippen molar-refractivity contribution in [1.82, 2.24) is 24.8 Å². The molecule has 0 aliphatic carbocycles. The lowest BCUT2D eigenvalue weighted by atomic mass is 10.0. The van der Waals surface area contributed by atoms with Gasteiger partial charge in [0.2, 0.25) is 0 Å². The maximum Gasteiger partial charge on any atom is 0.407 e. The summed E-state index contributed by atoms with van der Waals surface area (Å²) in [5, 5.41) is 11.8. The van der Waals surface area contributed by atoms with Gasteiger partial charge < -0.3 is 24.5 Å². The molecular weight excluding hydrogens is 523 g/mol. The molecule has 0 bridgehead atoms. The summed E-state index contributed by atoms with van der Waals surface area (Å²) in [6, 6.07) is 11.3. The second-order valence-electron chi connectivity index (χ2n) is 10.2. The molecule has 6 rings (SSSR count). The Bertz CT molecular complexity index is 1580. The molecule has 11 heteroatoms. The molecule has 4 aromatic rings. The van der Waals surface area contributed by atoms with Gasteiger partial charge in [-0.15, -0.1) is 0 Å². The highest BCUT2D eigenvalue weighted by molar-refractivity contribution is 6.36. The van der Waals surface area contributed by atoms with Crippen LogP contribution >= 0.6 is 11.6 Å². The van der Waals surface area contributed by atoms with E-state index in [1.165, 1.54) is 4.90 Å². The zero-order valence-electron chi connectivity index (χ0n) is 21.6. The second kappa shape index (κ2) is 10.1. The number of carboxylic acid groups (broad SMARTS) is 1. The SMILES string of the molecule is CN(c1nc(OC[C@@H]2CCCN2C)nc2c(F)c(-c3cccc4cccc(Cl)c34)ncc12)C1CN(C(=O)O)C1. The smallest absolute Gasteiger partial charge is 0.407 e. The van der Waals surface area contributed by atoms with Crippen molar-refractivity contribution in [2.24, 2.45) is 0 Å². The Balaban J connectivity index is 1.45. The normalized spacial score (nSPS) is 18.1. The maximum absolute atomic E-state index is 16.3. The van der Waals surface area contributed by atoms with Crippen LogP contribution in [0.3, 0.4) is 0 Å². The Kier molecular flexibility index (Phi) is 6.60. The third-order valence-electron chi connectivity index (χ3n) is 7.84. The summed E-state index contributed by atoms with van der Waals surface area (Å²) in [5.41, 5.74) is 0.790. The van der Waals surface area contributed by atoms with Crippen LogP contribution in [0.4, 0.5) is 15.0 Å². The third kappa shape index (κ3) is 4.57. The molecule has 2 saturated heterocycles. The Morgan fingerprint density at radius 3 is 2.72 bits per heavy atom. The lowest BCUT2D eigenvalue weighted by Crippen LogP contribution is -2.60. The number of hydrogen-bond donors (Lipinski definition) is 1. The molecule has 2 aliphatic heterocycles. The first-order valence-electron chi connectivity index (χ1n) is 12.9. The van der Waals surface area contributed by atoms with Gasteiger partial charge in [-0.1, -0.05) is 41.9 Å². The largest absolute Gasteiger partial charge is 0.465 e. The second-order valence-corrected chi connectivity index (χ2v) is 10.6. The first-order valence-corrected chi connectivity index (χ1v) is 13.3. The molecule has 2 aromatic heterocycles. The molecule has 2 aliphatic rings. The summed E-state index contributed by atoms with van der Waals surface area (Å²) in [6.45, 7) is 2.03. The van der Waals surface area contributed by atoms with Gasteiger partial charge in [0.05, 0.1) is 11.4 Å². The Morgan fingerprint density at radius 1 is 1.23 bits per heavy atom. The number of anilines is 1. The van der Waals surface area contributed by atoms with Crippen LogP contribution in [0.5, 0.6) is 6.01 Å². The van der Waals surface area contributed by atoms with Crippen molar-refractivity contribution in [2.45, 2.75) is 24.9 Å². The molecule has 2 aromatic carbocycles. The lowest BCUT2D eigenvalue weighted by molar-refractivity contribution is 0.105. The molecule has 0 unspecified atom stereocenters. The number of benzene rings is 2. The van der Waals surface area contributed by atoms with E-state index in [4.69, 9.17) is 16.3 Å². The van der Waals surface area contributed by atoms with E-state index in [2.05, 4.69) is 26.9 Å². The molecule has 1 N–H and O–H groups in total. The van der Waals surface area contributed by atoms with E-state index < -0.39 is 11.9 Å². The fourth-order valence-corrected chi connectivity index (χ4v) is 5.71. The average Bonchev–Trinajstić information content (AvgIpc) is 3.30. The minimum Gasteiger partial charge on any atom is -0.465 e. The van der Waals surface area contributed by atoms with E-state index in [-0.39, 0.29) is 29.3 Å². The van der Waals surface area contributed by atoms with Crippen LogP contribution in [0, 0.1) is 5.82 Å². The van der Waals surface area contributed by atoms with Crippen molar-refractivity contribution in [3.63, 3.8) is 0 Å². The monoisotopic (exact) mass is 550 g/mol. The summed E-state index contributed by atoms with van der Waals surface area (Å²) < 4.78 is 22.4. The summed E-state index contributed by atoms with van der Waals surface area (Å²) in [5.74, 6) is -0.153. The summed E-state index contributed by atoms with van der Waals surface area (Å²) in [6.07, 6.45) is 2.70. The number of aromatic nitrogens is 3. The van der Waals surface area contributed by atoms with Crippen molar-refractivity contribution < 1.29 is 19.0 Å². The summed E-state index contributed by atoms with van der Waals surface area (Å²) >= 11 is 6.53. The summed E-state index contributed by atoms with van der Waals surface area (Å²) in [7, 11) is 3.87. The van der Waals surface area contributed by atoms with Crippen LogP contribution in [0.25, 0.3) is 32.9 Å². The van der Waals surface area contributed by atoms with E-state index in [0.29, 0.717) is 46.9 Å². The molecule has 9 nitrogen and oxygen atoms in total. The molecule has 0 saturated carbocycles. The number of carbonyl (C=O) groups is 1. The van der Waals surface area contributed by atoms with Crippen LogP contribution in [0.15, 0.2) is 42.6 Å². The number of halogens is 2. The highest BCUT2D eigenvalue weighted by Crippen LogP contribution is 2.37. The van der Waals surface area contributed by atoms with Crippen LogP contribution in [-0.2, 0) is 0 Å². The van der Waals surface area contributed by atoms with Crippen LogP contribution in [0.1, 0.15) is 12.8 Å². The van der Waals surface area contributed by atoms with Crippen molar-refractivity contribution in [3.05, 3.63) is 53.4 Å². The zero-order chi connectivity index (χ0) is 27.3. The van der Waals surface area contributed by atoms with E-state index >= 15 is 4.39 Å². The van der Waals surface area contributed by atoms with Gasteiger partial charge in [-0.25, -0.2) is 9.18 Å². The number of pyridine rings is 1. The number of ether oxygens (including phenoxy) is 1. The van der Waals surface area contributed by atoms with Gasteiger partial charge in [0.15, 0.2) is 5.82 Å². The number of hydrogen-bond acceptors (Lipinski definition) is 7. The number of fused-ring (bicyclic) bond motifs is 2. The minimum absolute atomic E-state index is 0.0751. The number of nitrogens with zero attached hydrogens (tertiary/aromatic N) is 6. The van der Waals surface area contributed by atoms with Crippen molar-refractivity contribution >= 4 is 45.2 Å². The van der Waals surface area contributed by atoms with Crippen LogP contribution in [0.2, 0.25) is 5.02 Å². The fraction of sp³-hybridized carbons (Fsp3) is 0.357. The molecule has 4 heterocycles. The van der Waals surface area contributed by atoms with Gasteiger partial charge in [0.25, 0.3) is 0 Å². The van der Waals surface area contributed by atoms with E-state index in [0.717, 1.165) is 24.8 Å².